The van der Waals surface area contributed by atoms with Crippen LogP contribution >= 0.6 is 0 Å². The van der Waals surface area contributed by atoms with E-state index in [4.69, 9.17) is 5.73 Å². The Kier molecular flexibility index (Phi) is 8.90. The van der Waals surface area contributed by atoms with Crippen LogP contribution in [0.15, 0.2) is 0 Å². The first-order chi connectivity index (χ1) is 2.77. The average molecular weight is 152 g/mol. The summed E-state index contributed by atoms with van der Waals surface area (Å²) in [5, 5.41) is 0. The van der Waals surface area contributed by atoms with Crippen LogP contribution in [0.5, 0.6) is 0 Å². The van der Waals surface area contributed by atoms with Crippen molar-refractivity contribution >= 4 is 5.78 Å². The molecule has 0 aromatic heterocycles. The van der Waals surface area contributed by atoms with Crippen LogP contribution in [0.1, 0.15) is 6.42 Å². The van der Waals surface area contributed by atoms with E-state index in [1.807, 2.05) is 0 Å². The Morgan fingerprint density at radius 2 is 2.14 bits per heavy atom. The van der Waals surface area contributed by atoms with Crippen molar-refractivity contribution in [2.75, 3.05) is 6.54 Å². The minimum absolute atomic E-state index is 0. The molecule has 38 valence electrons. The number of Topliss-reactive ketones (excluding diaryl/α,β-unsaturated/α-hetero) is 1. The third-order valence-corrected chi connectivity index (χ3v) is 0.423. The van der Waals surface area contributed by atoms with E-state index in [1.165, 1.54) is 0 Å². The molecule has 0 aliphatic rings. The summed E-state index contributed by atoms with van der Waals surface area (Å²) in [5.41, 5.74) is 4.97. The average Bonchev–Trinajstić information content (AvgIpc) is 1.35. The van der Waals surface area contributed by atoms with Crippen molar-refractivity contribution in [3.05, 3.63) is 6.92 Å². The van der Waals surface area contributed by atoms with Gasteiger partial charge in [0.2, 0.25) is 0 Å². The molecule has 0 aliphatic carbocycles. The molecule has 0 rings (SSSR count). The number of hydrogen-bond acceptors (Lipinski definition) is 2. The largest absolute Gasteiger partial charge is 0.339 e. The van der Waals surface area contributed by atoms with Crippen LogP contribution < -0.4 is 5.73 Å². The molecule has 2 nitrogen and oxygen atoms in total. The summed E-state index contributed by atoms with van der Waals surface area (Å²) in [7, 11) is 0. The number of hydrogen-bond donors (Lipinski definition) is 1. The van der Waals surface area contributed by atoms with Gasteiger partial charge in [-0.2, -0.15) is 0 Å². The van der Waals surface area contributed by atoms with Crippen molar-refractivity contribution in [3.8, 4) is 0 Å². The minimum Gasteiger partial charge on any atom is -0.339 e. The second-order valence-corrected chi connectivity index (χ2v) is 1.08. The fraction of sp³-hybridized carbons (Fsp3) is 0.500. The van der Waals surface area contributed by atoms with Gasteiger partial charge in [-0.1, -0.05) is 0 Å². The number of carbonyl (C=O) groups excluding carboxylic acids is 1. The summed E-state index contributed by atoms with van der Waals surface area (Å²) in [6.45, 7) is 3.53. The maximum atomic E-state index is 9.85. The predicted molar refractivity (Wildman–Crippen MR) is 24.0 cm³/mol. The molecule has 0 saturated carbocycles. The van der Waals surface area contributed by atoms with Crippen molar-refractivity contribution in [3.63, 3.8) is 0 Å². The fourth-order valence-corrected chi connectivity index (χ4v) is 0.161. The third-order valence-electron chi connectivity index (χ3n) is 0.423. The zero-order valence-electron chi connectivity index (χ0n) is 4.31. The van der Waals surface area contributed by atoms with Crippen LogP contribution in [-0.4, -0.2) is 12.3 Å². The van der Waals surface area contributed by atoms with Crippen molar-refractivity contribution in [1.29, 1.82) is 0 Å². The van der Waals surface area contributed by atoms with Crippen LogP contribution in [0.3, 0.4) is 0 Å². The smallest absolute Gasteiger partial charge is 0 e. The Morgan fingerprint density at radius 1 is 1.71 bits per heavy atom. The molecule has 0 spiro atoms. The zero-order chi connectivity index (χ0) is 4.99. The van der Waals surface area contributed by atoms with E-state index < -0.39 is 0 Å². The molecule has 0 saturated heterocycles. The molecule has 0 atom stereocenters. The van der Waals surface area contributed by atoms with Gasteiger partial charge in [-0.3, -0.25) is 0 Å². The molecule has 0 bridgehead atoms. The van der Waals surface area contributed by atoms with E-state index >= 15 is 0 Å². The molecule has 0 aromatic rings. The number of ketones is 1. The standard InChI is InChI=1S/C4H8NO.Zn/c1-4(6)2-3-5;/h1-3,5H2;/q-1;. The summed E-state index contributed by atoms with van der Waals surface area (Å²) >= 11 is 0. The van der Waals surface area contributed by atoms with Crippen molar-refractivity contribution in [2.24, 2.45) is 5.73 Å². The Morgan fingerprint density at radius 3 is 2.14 bits per heavy atom. The van der Waals surface area contributed by atoms with Crippen molar-refractivity contribution in [1.82, 2.24) is 0 Å². The maximum absolute atomic E-state index is 9.85. The van der Waals surface area contributed by atoms with Crippen LogP contribution in [0.2, 0.25) is 0 Å². The first-order valence-electron chi connectivity index (χ1n) is 1.82. The number of nitrogens with two attached hydrogens (primary N) is 1. The molecule has 0 radical (unpaired) electrons. The third kappa shape index (κ3) is 10.7. The minimum atomic E-state index is -0.0856. The summed E-state index contributed by atoms with van der Waals surface area (Å²) in [6.07, 6.45) is 0.403. The van der Waals surface area contributed by atoms with Gasteiger partial charge in [0.1, 0.15) is 0 Å². The topological polar surface area (TPSA) is 43.1 Å². The normalized spacial score (nSPS) is 7.00. The molecule has 0 fully saturated rings. The summed E-state index contributed by atoms with van der Waals surface area (Å²) in [4.78, 5) is 9.85. The Balaban J connectivity index is 0. The van der Waals surface area contributed by atoms with E-state index in [0.717, 1.165) is 0 Å². The first kappa shape index (κ1) is 10.2. The van der Waals surface area contributed by atoms with Crippen LogP contribution in [0.25, 0.3) is 0 Å². The SMILES string of the molecule is [CH2-]C(=O)CCN.[Zn]. The van der Waals surface area contributed by atoms with Gasteiger partial charge in [0, 0.05) is 19.5 Å². The van der Waals surface area contributed by atoms with Gasteiger partial charge in [-0.15, -0.1) is 0 Å². The van der Waals surface area contributed by atoms with Crippen LogP contribution in [0, 0.1) is 6.92 Å². The van der Waals surface area contributed by atoms with E-state index in [2.05, 4.69) is 6.92 Å². The van der Waals surface area contributed by atoms with Crippen LogP contribution in [-0.2, 0) is 24.3 Å². The molecule has 0 aromatic carbocycles. The van der Waals surface area contributed by atoms with E-state index in [9.17, 15) is 4.79 Å². The van der Waals surface area contributed by atoms with Crippen molar-refractivity contribution in [2.45, 2.75) is 6.42 Å². The molecule has 7 heavy (non-hydrogen) atoms. The molecule has 2 N–H and O–H groups in total. The van der Waals surface area contributed by atoms with Gasteiger partial charge in [0.15, 0.2) is 0 Å². The summed E-state index contributed by atoms with van der Waals surface area (Å²) in [5.74, 6) is -0.0856. The Labute approximate surface area is 56.2 Å². The van der Waals surface area contributed by atoms with E-state index in [0.29, 0.717) is 13.0 Å². The van der Waals surface area contributed by atoms with Crippen molar-refractivity contribution < 1.29 is 24.3 Å². The van der Waals surface area contributed by atoms with Gasteiger partial charge in [0.25, 0.3) is 0 Å². The monoisotopic (exact) mass is 150 g/mol. The van der Waals surface area contributed by atoms with Gasteiger partial charge >= 0.3 is 0 Å². The number of rotatable bonds is 2. The fourth-order valence-electron chi connectivity index (χ4n) is 0.161. The van der Waals surface area contributed by atoms with Gasteiger partial charge in [-0.25, -0.2) is 0 Å². The van der Waals surface area contributed by atoms with Crippen LogP contribution in [0.4, 0.5) is 0 Å². The summed E-state index contributed by atoms with van der Waals surface area (Å²) in [6, 6.07) is 0. The molecule has 0 heterocycles. The van der Waals surface area contributed by atoms with Gasteiger partial charge in [0.05, 0.1) is 0 Å². The Hall–Kier alpha value is 0.123. The second-order valence-electron chi connectivity index (χ2n) is 1.08. The molecule has 0 aliphatic heterocycles. The summed E-state index contributed by atoms with van der Waals surface area (Å²) < 4.78 is 0. The molecule has 3 heteroatoms. The van der Waals surface area contributed by atoms with E-state index in [1.54, 1.807) is 0 Å². The molecular weight excluding hydrogens is 143 g/mol. The number of carbonyl (C=O) groups is 1. The van der Waals surface area contributed by atoms with Gasteiger partial charge in [-0.05, 0) is 18.7 Å². The maximum Gasteiger partial charge on any atom is 0 e. The predicted octanol–water partition coefficient (Wildman–Crippen LogP) is -0.264. The molecule has 0 unspecified atom stereocenters. The molecule has 0 amide bonds. The quantitative estimate of drug-likeness (QED) is 0.436. The second kappa shape index (κ2) is 6.12. The van der Waals surface area contributed by atoms with Gasteiger partial charge < -0.3 is 17.5 Å². The first-order valence-corrected chi connectivity index (χ1v) is 1.82. The van der Waals surface area contributed by atoms with E-state index in [-0.39, 0.29) is 25.3 Å². The zero-order valence-corrected chi connectivity index (χ0v) is 7.28. The molecular formula is C4H8NOZn-. The Bertz CT molecular complexity index is 55.7.